The Kier molecular flexibility index (Phi) is 4.53. The van der Waals surface area contributed by atoms with Gasteiger partial charge in [0.25, 0.3) is 0 Å². The summed E-state index contributed by atoms with van der Waals surface area (Å²) in [5.74, 6) is 0.366. The fraction of sp³-hybridized carbons (Fsp3) is 0.133. The second-order valence-electron chi connectivity index (χ2n) is 4.00. The summed E-state index contributed by atoms with van der Waals surface area (Å²) >= 11 is 3.30. The summed E-state index contributed by atoms with van der Waals surface area (Å²) in [5.41, 5.74) is 1.43. The number of halogens is 2. The van der Waals surface area contributed by atoms with Gasteiger partial charge in [0.05, 0.1) is 12.5 Å². The second-order valence-corrected chi connectivity index (χ2v) is 4.92. The van der Waals surface area contributed by atoms with Crippen molar-refractivity contribution in [3.05, 3.63) is 63.9 Å². The Morgan fingerprint density at radius 2 is 1.89 bits per heavy atom. The molecule has 2 rings (SSSR count). The second kappa shape index (κ2) is 6.35. The molecule has 0 saturated heterocycles. The van der Waals surface area contributed by atoms with Gasteiger partial charge >= 0.3 is 0 Å². The van der Waals surface area contributed by atoms with Crippen molar-refractivity contribution in [2.24, 2.45) is 0 Å². The quantitative estimate of drug-likeness (QED) is 0.844. The highest BCUT2D eigenvalue weighted by Crippen LogP contribution is 2.19. The van der Waals surface area contributed by atoms with E-state index < -0.39 is 0 Å². The monoisotopic (exact) mass is 319 g/mol. The molecule has 0 spiro atoms. The van der Waals surface area contributed by atoms with Gasteiger partial charge < -0.3 is 4.74 Å². The van der Waals surface area contributed by atoms with Gasteiger partial charge in [0.1, 0.15) is 18.2 Å². The van der Waals surface area contributed by atoms with Gasteiger partial charge in [-0.15, -0.1) is 0 Å². The molecule has 19 heavy (non-hydrogen) atoms. The van der Waals surface area contributed by atoms with Crippen molar-refractivity contribution in [1.29, 1.82) is 5.26 Å². The van der Waals surface area contributed by atoms with E-state index in [-0.39, 0.29) is 12.4 Å². The zero-order valence-electron chi connectivity index (χ0n) is 10.1. The molecule has 2 nitrogen and oxygen atoms in total. The highest BCUT2D eigenvalue weighted by atomic mass is 79.9. The lowest BCUT2D eigenvalue weighted by molar-refractivity contribution is 0.299. The fourth-order valence-electron chi connectivity index (χ4n) is 1.61. The standard InChI is InChI=1S/C15H11BrFNO/c16-13-3-6-15(17)12(9-13)10-19-14-4-1-11(2-5-14)7-8-18/h1-6,9H,7,10H2. The highest BCUT2D eigenvalue weighted by molar-refractivity contribution is 9.10. The zero-order chi connectivity index (χ0) is 13.7. The van der Waals surface area contributed by atoms with Gasteiger partial charge in [0, 0.05) is 10.0 Å². The minimum absolute atomic E-state index is 0.170. The largest absolute Gasteiger partial charge is 0.489 e. The lowest BCUT2D eigenvalue weighted by Crippen LogP contribution is -1.98. The molecule has 2 aromatic carbocycles. The van der Waals surface area contributed by atoms with E-state index in [0.29, 0.717) is 17.7 Å². The van der Waals surface area contributed by atoms with Gasteiger partial charge in [-0.2, -0.15) is 5.26 Å². The number of benzene rings is 2. The van der Waals surface area contributed by atoms with Crippen LogP contribution in [0.5, 0.6) is 5.75 Å². The lowest BCUT2D eigenvalue weighted by atomic mass is 10.1. The van der Waals surface area contributed by atoms with Gasteiger partial charge in [0.15, 0.2) is 0 Å². The molecule has 2 aromatic rings. The van der Waals surface area contributed by atoms with E-state index in [9.17, 15) is 4.39 Å². The number of nitrogens with zero attached hydrogens (tertiary/aromatic N) is 1. The van der Waals surface area contributed by atoms with E-state index in [0.717, 1.165) is 10.0 Å². The molecular weight excluding hydrogens is 309 g/mol. The van der Waals surface area contributed by atoms with E-state index in [2.05, 4.69) is 22.0 Å². The first kappa shape index (κ1) is 13.6. The van der Waals surface area contributed by atoms with Crippen LogP contribution in [0.2, 0.25) is 0 Å². The molecule has 0 aromatic heterocycles. The van der Waals surface area contributed by atoms with Crippen LogP contribution in [-0.4, -0.2) is 0 Å². The summed E-state index contributed by atoms with van der Waals surface area (Å²) in [4.78, 5) is 0. The van der Waals surface area contributed by atoms with E-state index in [1.165, 1.54) is 6.07 Å². The molecule has 0 atom stereocenters. The molecule has 0 heterocycles. The maximum atomic E-state index is 13.5. The first-order chi connectivity index (χ1) is 9.19. The van der Waals surface area contributed by atoms with Crippen LogP contribution in [0.25, 0.3) is 0 Å². The molecule has 0 fully saturated rings. The fourth-order valence-corrected chi connectivity index (χ4v) is 2.02. The Morgan fingerprint density at radius 1 is 1.16 bits per heavy atom. The van der Waals surface area contributed by atoms with Gasteiger partial charge in [-0.25, -0.2) is 4.39 Å². The molecule has 0 N–H and O–H groups in total. The Labute approximate surface area is 119 Å². The Bertz CT molecular complexity index is 605. The molecule has 0 radical (unpaired) electrons. The van der Waals surface area contributed by atoms with Crippen molar-refractivity contribution in [3.63, 3.8) is 0 Å². The van der Waals surface area contributed by atoms with Gasteiger partial charge in [0.2, 0.25) is 0 Å². The Balaban J connectivity index is 2.02. The minimum Gasteiger partial charge on any atom is -0.489 e. The van der Waals surface area contributed by atoms with Gasteiger partial charge in [-0.1, -0.05) is 28.1 Å². The maximum Gasteiger partial charge on any atom is 0.129 e. The molecule has 4 heteroatoms. The maximum absolute atomic E-state index is 13.5. The number of rotatable bonds is 4. The molecule has 0 aliphatic heterocycles. The number of ether oxygens (including phenoxy) is 1. The number of hydrogen-bond donors (Lipinski definition) is 0. The number of nitriles is 1. The van der Waals surface area contributed by atoms with Crippen LogP contribution in [0.1, 0.15) is 11.1 Å². The van der Waals surface area contributed by atoms with Crippen molar-refractivity contribution >= 4 is 15.9 Å². The van der Waals surface area contributed by atoms with Crippen LogP contribution in [0.3, 0.4) is 0 Å². The van der Waals surface area contributed by atoms with Crippen molar-refractivity contribution in [2.75, 3.05) is 0 Å². The number of hydrogen-bond acceptors (Lipinski definition) is 2. The van der Waals surface area contributed by atoms with Crippen LogP contribution >= 0.6 is 15.9 Å². The Morgan fingerprint density at radius 3 is 2.58 bits per heavy atom. The molecule has 0 amide bonds. The summed E-state index contributed by atoms with van der Waals surface area (Å²) in [6.45, 7) is 0.170. The lowest BCUT2D eigenvalue weighted by Gasteiger charge is -2.08. The third kappa shape index (κ3) is 3.80. The van der Waals surface area contributed by atoms with E-state index >= 15 is 0 Å². The van der Waals surface area contributed by atoms with Crippen LogP contribution in [0.15, 0.2) is 46.9 Å². The topological polar surface area (TPSA) is 33.0 Å². The van der Waals surface area contributed by atoms with Crippen molar-refractivity contribution in [1.82, 2.24) is 0 Å². The Hall–Kier alpha value is -1.86. The van der Waals surface area contributed by atoms with Crippen LogP contribution in [-0.2, 0) is 13.0 Å². The summed E-state index contributed by atoms with van der Waals surface area (Å²) in [6.07, 6.45) is 0.376. The van der Waals surface area contributed by atoms with Crippen molar-refractivity contribution < 1.29 is 9.13 Å². The SMILES string of the molecule is N#CCc1ccc(OCc2cc(Br)ccc2F)cc1. The normalized spacial score (nSPS) is 9.95. The van der Waals surface area contributed by atoms with Gasteiger partial charge in [-0.05, 0) is 35.9 Å². The average molecular weight is 320 g/mol. The van der Waals surface area contributed by atoms with E-state index in [1.807, 2.05) is 12.1 Å². The average Bonchev–Trinajstić information content (AvgIpc) is 2.42. The molecule has 0 aliphatic rings. The van der Waals surface area contributed by atoms with E-state index in [4.69, 9.17) is 10.00 Å². The first-order valence-corrected chi connectivity index (χ1v) is 6.51. The first-order valence-electron chi connectivity index (χ1n) is 5.71. The molecule has 0 saturated carbocycles. The molecule has 0 aliphatic carbocycles. The zero-order valence-corrected chi connectivity index (χ0v) is 11.7. The van der Waals surface area contributed by atoms with E-state index in [1.54, 1.807) is 24.3 Å². The summed E-state index contributed by atoms with van der Waals surface area (Å²) < 4.78 is 19.8. The minimum atomic E-state index is -0.288. The highest BCUT2D eigenvalue weighted by Gasteiger charge is 2.04. The van der Waals surface area contributed by atoms with Crippen molar-refractivity contribution in [3.8, 4) is 11.8 Å². The molecule has 0 bridgehead atoms. The summed E-state index contributed by atoms with van der Waals surface area (Å²) in [5, 5.41) is 8.57. The summed E-state index contributed by atoms with van der Waals surface area (Å²) in [6, 6.07) is 14.0. The van der Waals surface area contributed by atoms with Crippen LogP contribution in [0.4, 0.5) is 4.39 Å². The third-order valence-electron chi connectivity index (χ3n) is 2.61. The summed E-state index contributed by atoms with van der Waals surface area (Å²) in [7, 11) is 0. The molecule has 96 valence electrons. The third-order valence-corrected chi connectivity index (χ3v) is 3.10. The van der Waals surface area contributed by atoms with Crippen LogP contribution < -0.4 is 4.74 Å². The smallest absolute Gasteiger partial charge is 0.129 e. The molecule has 0 unspecified atom stereocenters. The predicted molar refractivity (Wildman–Crippen MR) is 74.2 cm³/mol. The molecular formula is C15H11BrFNO. The van der Waals surface area contributed by atoms with Gasteiger partial charge in [-0.3, -0.25) is 0 Å². The predicted octanol–water partition coefficient (Wildman–Crippen LogP) is 4.23. The van der Waals surface area contributed by atoms with Crippen molar-refractivity contribution in [2.45, 2.75) is 13.0 Å². The van der Waals surface area contributed by atoms with Crippen LogP contribution in [0, 0.1) is 17.1 Å².